The van der Waals surface area contributed by atoms with Gasteiger partial charge in [0.1, 0.15) is 5.82 Å². The van der Waals surface area contributed by atoms with Gasteiger partial charge in [0.15, 0.2) is 5.65 Å². The van der Waals surface area contributed by atoms with Crippen LogP contribution in [0.4, 0.5) is 11.8 Å². The summed E-state index contributed by atoms with van der Waals surface area (Å²) in [4.78, 5) is 15.9. The van der Waals surface area contributed by atoms with Gasteiger partial charge < -0.3 is 16.0 Å². The minimum absolute atomic E-state index is 0.362. The van der Waals surface area contributed by atoms with E-state index >= 15 is 0 Å². The summed E-state index contributed by atoms with van der Waals surface area (Å²) in [5.74, 6) is 0.976. The van der Waals surface area contributed by atoms with E-state index in [-0.39, 0.29) is 0 Å². The standard InChI is InChI=1S/C17H20N8/c1-25-8-5-12(6-9-25)21-17-23-15(18)13-2-3-14(22-16(13)24-17)11-4-7-19-20-10-11/h2-4,7,10,12H,5-6,8-9H2,1H3,(H3,18,21,22,23,24). The van der Waals surface area contributed by atoms with Crippen LogP contribution in [0.25, 0.3) is 22.3 Å². The predicted octanol–water partition coefficient (Wildman–Crippen LogP) is 1.57. The summed E-state index contributed by atoms with van der Waals surface area (Å²) in [5.41, 5.74) is 8.36. The highest BCUT2D eigenvalue weighted by Crippen LogP contribution is 2.23. The molecule has 0 aliphatic carbocycles. The highest BCUT2D eigenvalue weighted by molar-refractivity contribution is 5.87. The van der Waals surface area contributed by atoms with Crippen LogP contribution in [-0.4, -0.2) is 56.2 Å². The number of hydrogen-bond acceptors (Lipinski definition) is 8. The third-order valence-corrected chi connectivity index (χ3v) is 4.52. The van der Waals surface area contributed by atoms with Crippen molar-refractivity contribution in [3.8, 4) is 11.3 Å². The Labute approximate surface area is 145 Å². The first-order chi connectivity index (χ1) is 12.2. The molecule has 0 saturated carbocycles. The number of aromatic nitrogens is 5. The smallest absolute Gasteiger partial charge is 0.226 e. The van der Waals surface area contributed by atoms with Crippen LogP contribution in [0.2, 0.25) is 0 Å². The highest BCUT2D eigenvalue weighted by atomic mass is 15.2. The number of nitrogen functional groups attached to an aromatic ring is 1. The summed E-state index contributed by atoms with van der Waals surface area (Å²) in [6, 6.07) is 6.01. The predicted molar refractivity (Wildman–Crippen MR) is 96.9 cm³/mol. The van der Waals surface area contributed by atoms with Crippen molar-refractivity contribution in [2.45, 2.75) is 18.9 Å². The van der Waals surface area contributed by atoms with E-state index in [4.69, 9.17) is 5.73 Å². The zero-order valence-corrected chi connectivity index (χ0v) is 14.1. The van der Waals surface area contributed by atoms with Gasteiger partial charge in [0.2, 0.25) is 5.95 Å². The average molecular weight is 336 g/mol. The van der Waals surface area contributed by atoms with Crippen molar-refractivity contribution < 1.29 is 0 Å². The number of fused-ring (bicyclic) bond motifs is 1. The van der Waals surface area contributed by atoms with Crippen molar-refractivity contribution >= 4 is 22.8 Å². The second kappa shape index (κ2) is 6.56. The zero-order valence-electron chi connectivity index (χ0n) is 14.1. The van der Waals surface area contributed by atoms with E-state index in [1.807, 2.05) is 18.2 Å². The Bertz CT molecular complexity index is 874. The molecule has 3 aromatic heterocycles. The second-order valence-electron chi connectivity index (χ2n) is 6.35. The fourth-order valence-corrected chi connectivity index (χ4v) is 3.04. The molecule has 0 atom stereocenters. The lowest BCUT2D eigenvalue weighted by Crippen LogP contribution is -2.37. The third-order valence-electron chi connectivity index (χ3n) is 4.52. The molecular formula is C17H20N8. The van der Waals surface area contributed by atoms with Crippen molar-refractivity contribution in [2.75, 3.05) is 31.2 Å². The molecule has 1 saturated heterocycles. The van der Waals surface area contributed by atoms with E-state index in [1.54, 1.807) is 12.4 Å². The van der Waals surface area contributed by atoms with Gasteiger partial charge in [0, 0.05) is 11.6 Å². The van der Waals surface area contributed by atoms with Gasteiger partial charge >= 0.3 is 0 Å². The molecule has 0 aromatic carbocycles. The normalized spacial score (nSPS) is 16.2. The van der Waals surface area contributed by atoms with Crippen molar-refractivity contribution in [1.29, 1.82) is 0 Å². The number of anilines is 2. The summed E-state index contributed by atoms with van der Waals surface area (Å²) in [7, 11) is 2.14. The van der Waals surface area contributed by atoms with E-state index < -0.39 is 0 Å². The van der Waals surface area contributed by atoms with Gasteiger partial charge in [0.05, 0.1) is 23.5 Å². The summed E-state index contributed by atoms with van der Waals surface area (Å²) in [5, 5.41) is 11.8. The molecule has 128 valence electrons. The summed E-state index contributed by atoms with van der Waals surface area (Å²) < 4.78 is 0. The topological polar surface area (TPSA) is 106 Å². The van der Waals surface area contributed by atoms with Crippen LogP contribution >= 0.6 is 0 Å². The quantitative estimate of drug-likeness (QED) is 0.742. The van der Waals surface area contributed by atoms with Crippen LogP contribution < -0.4 is 11.1 Å². The van der Waals surface area contributed by atoms with Crippen LogP contribution in [0.3, 0.4) is 0 Å². The van der Waals surface area contributed by atoms with E-state index in [1.165, 1.54) is 0 Å². The van der Waals surface area contributed by atoms with E-state index in [0.717, 1.165) is 42.6 Å². The molecule has 4 rings (SSSR count). The Hall–Kier alpha value is -2.87. The van der Waals surface area contributed by atoms with Crippen LogP contribution in [0, 0.1) is 0 Å². The number of pyridine rings is 1. The molecule has 25 heavy (non-hydrogen) atoms. The van der Waals surface area contributed by atoms with Crippen molar-refractivity contribution in [3.05, 3.63) is 30.6 Å². The number of piperidine rings is 1. The molecule has 8 nitrogen and oxygen atoms in total. The van der Waals surface area contributed by atoms with Crippen molar-refractivity contribution in [3.63, 3.8) is 0 Å². The van der Waals surface area contributed by atoms with Crippen LogP contribution in [-0.2, 0) is 0 Å². The van der Waals surface area contributed by atoms with Crippen LogP contribution in [0.5, 0.6) is 0 Å². The van der Waals surface area contributed by atoms with Gasteiger partial charge in [-0.15, -0.1) is 0 Å². The first-order valence-electron chi connectivity index (χ1n) is 8.35. The minimum Gasteiger partial charge on any atom is -0.383 e. The summed E-state index contributed by atoms with van der Waals surface area (Å²) in [6.45, 7) is 2.14. The van der Waals surface area contributed by atoms with E-state index in [0.29, 0.717) is 23.5 Å². The van der Waals surface area contributed by atoms with Crippen LogP contribution in [0.1, 0.15) is 12.8 Å². The summed E-state index contributed by atoms with van der Waals surface area (Å²) >= 11 is 0. The lowest BCUT2D eigenvalue weighted by Gasteiger charge is -2.29. The average Bonchev–Trinajstić information content (AvgIpc) is 2.64. The van der Waals surface area contributed by atoms with Crippen molar-refractivity contribution in [1.82, 2.24) is 30.0 Å². The Kier molecular flexibility index (Phi) is 4.10. The van der Waals surface area contributed by atoms with E-state index in [9.17, 15) is 0 Å². The molecule has 3 aromatic rings. The largest absolute Gasteiger partial charge is 0.383 e. The molecule has 1 aliphatic heterocycles. The molecule has 0 amide bonds. The maximum atomic E-state index is 6.11. The van der Waals surface area contributed by atoms with Gasteiger partial charge in [-0.3, -0.25) is 0 Å². The van der Waals surface area contributed by atoms with Crippen molar-refractivity contribution in [2.24, 2.45) is 0 Å². The lowest BCUT2D eigenvalue weighted by molar-refractivity contribution is 0.263. The lowest BCUT2D eigenvalue weighted by atomic mass is 10.1. The number of hydrogen-bond donors (Lipinski definition) is 2. The number of nitrogens with two attached hydrogens (primary N) is 1. The fourth-order valence-electron chi connectivity index (χ4n) is 3.04. The Morgan fingerprint density at radius 3 is 2.68 bits per heavy atom. The van der Waals surface area contributed by atoms with E-state index in [2.05, 4.69) is 42.4 Å². The zero-order chi connectivity index (χ0) is 17.2. The summed E-state index contributed by atoms with van der Waals surface area (Å²) in [6.07, 6.45) is 5.45. The molecule has 0 spiro atoms. The fraction of sp³-hybridized carbons (Fsp3) is 0.353. The Morgan fingerprint density at radius 2 is 1.92 bits per heavy atom. The monoisotopic (exact) mass is 336 g/mol. The number of rotatable bonds is 3. The Morgan fingerprint density at radius 1 is 1.08 bits per heavy atom. The number of likely N-dealkylation sites (tertiary alicyclic amines) is 1. The molecule has 1 fully saturated rings. The molecule has 8 heteroatoms. The number of nitrogens with zero attached hydrogens (tertiary/aromatic N) is 6. The SMILES string of the molecule is CN1CCC(Nc2nc(N)c3ccc(-c4ccnnc4)nc3n2)CC1. The van der Waals surface area contributed by atoms with Gasteiger partial charge in [-0.05, 0) is 51.2 Å². The van der Waals surface area contributed by atoms with Gasteiger partial charge in [-0.2, -0.15) is 20.2 Å². The second-order valence-corrected chi connectivity index (χ2v) is 6.35. The number of nitrogens with one attached hydrogen (secondary N) is 1. The maximum absolute atomic E-state index is 6.11. The molecule has 4 heterocycles. The molecular weight excluding hydrogens is 316 g/mol. The Balaban J connectivity index is 1.65. The first-order valence-corrected chi connectivity index (χ1v) is 8.35. The molecule has 0 radical (unpaired) electrons. The molecule has 1 aliphatic rings. The minimum atomic E-state index is 0.362. The molecule has 0 bridgehead atoms. The molecule has 0 unspecified atom stereocenters. The van der Waals surface area contributed by atoms with Crippen LogP contribution in [0.15, 0.2) is 30.6 Å². The van der Waals surface area contributed by atoms with Gasteiger partial charge in [-0.1, -0.05) is 0 Å². The maximum Gasteiger partial charge on any atom is 0.226 e. The van der Waals surface area contributed by atoms with Gasteiger partial charge in [0.25, 0.3) is 0 Å². The molecule has 3 N–H and O–H groups in total. The highest BCUT2D eigenvalue weighted by Gasteiger charge is 2.18. The van der Waals surface area contributed by atoms with Gasteiger partial charge in [-0.25, -0.2) is 4.98 Å². The first kappa shape index (κ1) is 15.6. The third kappa shape index (κ3) is 3.34.